The van der Waals surface area contributed by atoms with Gasteiger partial charge in [-0.3, -0.25) is 0 Å². The molecule has 0 bridgehead atoms. The molecule has 0 spiro atoms. The minimum atomic E-state index is -0.514. The van der Waals surface area contributed by atoms with Gasteiger partial charge in [0.05, 0.1) is 36.0 Å². The highest BCUT2D eigenvalue weighted by molar-refractivity contribution is 6.32. The van der Waals surface area contributed by atoms with E-state index in [1.54, 1.807) is 10.9 Å². The number of imidazole rings is 1. The minimum absolute atomic E-state index is 0.179. The molecule has 5 nitrogen and oxygen atoms in total. The van der Waals surface area contributed by atoms with Crippen LogP contribution in [0.2, 0.25) is 5.02 Å². The van der Waals surface area contributed by atoms with Crippen molar-refractivity contribution in [3.05, 3.63) is 41.2 Å². The Bertz CT molecular complexity index is 566. The Kier molecular flexibility index (Phi) is 3.10. The Labute approximate surface area is 103 Å². The van der Waals surface area contributed by atoms with E-state index in [1.807, 2.05) is 13.1 Å². The number of ether oxygens (including phenoxy) is 1. The molecule has 2 rings (SSSR count). The number of rotatable bonds is 2. The van der Waals surface area contributed by atoms with E-state index in [0.29, 0.717) is 10.7 Å². The zero-order chi connectivity index (χ0) is 12.4. The highest BCUT2D eigenvalue weighted by atomic mass is 35.5. The molecule has 0 saturated heterocycles. The Morgan fingerprint density at radius 3 is 2.76 bits per heavy atom. The molecule has 0 amide bonds. The number of methoxy groups -OCH3 is 1. The molecule has 88 valence electrons. The number of hydrogen-bond acceptors (Lipinski definition) is 4. The molecule has 0 N–H and O–H groups in total. The number of pyridine rings is 1. The molecule has 2 aromatic rings. The molecule has 0 aliphatic carbocycles. The Morgan fingerprint density at radius 1 is 1.47 bits per heavy atom. The van der Waals surface area contributed by atoms with E-state index < -0.39 is 5.97 Å². The standard InChI is InChI=1S/C11H10ClN3O2/c1-7-5-15(6-14-7)10-4-13-9(3-8(10)12)11(16)17-2/h3-6H,1-2H3. The van der Waals surface area contributed by atoms with Gasteiger partial charge in [0.25, 0.3) is 0 Å². The van der Waals surface area contributed by atoms with Gasteiger partial charge >= 0.3 is 5.97 Å². The number of carbonyl (C=O) groups excluding carboxylic acids is 1. The third kappa shape index (κ3) is 2.29. The first-order valence-electron chi connectivity index (χ1n) is 4.86. The second kappa shape index (κ2) is 4.55. The van der Waals surface area contributed by atoms with E-state index in [0.717, 1.165) is 5.69 Å². The van der Waals surface area contributed by atoms with E-state index >= 15 is 0 Å². The SMILES string of the molecule is COC(=O)c1cc(Cl)c(-n2cnc(C)c2)cn1. The summed E-state index contributed by atoms with van der Waals surface area (Å²) >= 11 is 6.08. The van der Waals surface area contributed by atoms with Crippen molar-refractivity contribution in [2.75, 3.05) is 7.11 Å². The van der Waals surface area contributed by atoms with Crippen molar-refractivity contribution >= 4 is 17.6 Å². The molecule has 0 atom stereocenters. The topological polar surface area (TPSA) is 57.0 Å². The van der Waals surface area contributed by atoms with Gasteiger partial charge in [-0.15, -0.1) is 0 Å². The molecular weight excluding hydrogens is 242 g/mol. The summed E-state index contributed by atoms with van der Waals surface area (Å²) in [7, 11) is 1.30. The molecule has 0 saturated carbocycles. The van der Waals surface area contributed by atoms with Crippen molar-refractivity contribution in [2.24, 2.45) is 0 Å². The summed E-state index contributed by atoms with van der Waals surface area (Å²) in [6.07, 6.45) is 4.96. The Morgan fingerprint density at radius 2 is 2.24 bits per heavy atom. The summed E-state index contributed by atoms with van der Waals surface area (Å²) in [6.45, 7) is 1.88. The van der Waals surface area contributed by atoms with Crippen molar-refractivity contribution in [3.63, 3.8) is 0 Å². The summed E-state index contributed by atoms with van der Waals surface area (Å²) < 4.78 is 6.30. The van der Waals surface area contributed by atoms with Crippen LogP contribution < -0.4 is 0 Å². The zero-order valence-corrected chi connectivity index (χ0v) is 10.1. The predicted molar refractivity (Wildman–Crippen MR) is 62.4 cm³/mol. The first kappa shape index (κ1) is 11.6. The summed E-state index contributed by atoms with van der Waals surface area (Å²) in [6, 6.07) is 1.47. The number of aromatic nitrogens is 3. The molecule has 0 aromatic carbocycles. The molecule has 6 heteroatoms. The van der Waals surface area contributed by atoms with Crippen molar-refractivity contribution in [1.29, 1.82) is 0 Å². The first-order chi connectivity index (χ1) is 8.11. The number of carbonyl (C=O) groups is 1. The third-order valence-corrected chi connectivity index (χ3v) is 2.52. The van der Waals surface area contributed by atoms with Crippen LogP contribution in [0.3, 0.4) is 0 Å². The van der Waals surface area contributed by atoms with Crippen LogP contribution in [0.15, 0.2) is 24.8 Å². The monoisotopic (exact) mass is 251 g/mol. The number of nitrogens with zero attached hydrogens (tertiary/aromatic N) is 3. The van der Waals surface area contributed by atoms with Gasteiger partial charge < -0.3 is 9.30 Å². The predicted octanol–water partition coefficient (Wildman–Crippen LogP) is 2.02. The number of hydrogen-bond donors (Lipinski definition) is 0. The lowest BCUT2D eigenvalue weighted by molar-refractivity contribution is 0.0594. The van der Waals surface area contributed by atoms with Crippen LogP contribution >= 0.6 is 11.6 Å². The van der Waals surface area contributed by atoms with Crippen LogP contribution in [-0.4, -0.2) is 27.6 Å². The second-order valence-corrected chi connectivity index (χ2v) is 3.84. The highest BCUT2D eigenvalue weighted by Crippen LogP contribution is 2.20. The molecule has 0 unspecified atom stereocenters. The van der Waals surface area contributed by atoms with Gasteiger partial charge in [0, 0.05) is 6.20 Å². The van der Waals surface area contributed by atoms with Gasteiger partial charge in [-0.1, -0.05) is 11.6 Å². The Hall–Kier alpha value is -1.88. The van der Waals surface area contributed by atoms with Gasteiger partial charge in [-0.2, -0.15) is 0 Å². The van der Waals surface area contributed by atoms with Crippen LogP contribution in [0.4, 0.5) is 0 Å². The van der Waals surface area contributed by atoms with Crippen LogP contribution in [0, 0.1) is 6.92 Å². The number of halogens is 1. The molecule has 2 heterocycles. The zero-order valence-electron chi connectivity index (χ0n) is 9.35. The fraction of sp³-hybridized carbons (Fsp3) is 0.182. The Balaban J connectivity index is 2.41. The van der Waals surface area contributed by atoms with Crippen LogP contribution in [0.5, 0.6) is 0 Å². The van der Waals surface area contributed by atoms with Gasteiger partial charge in [-0.25, -0.2) is 14.8 Å². The summed E-state index contributed by atoms with van der Waals surface area (Å²) in [4.78, 5) is 19.3. The summed E-state index contributed by atoms with van der Waals surface area (Å²) in [5.74, 6) is -0.514. The van der Waals surface area contributed by atoms with Gasteiger partial charge in [0.1, 0.15) is 5.69 Å². The fourth-order valence-electron chi connectivity index (χ4n) is 1.38. The highest BCUT2D eigenvalue weighted by Gasteiger charge is 2.11. The third-order valence-electron chi connectivity index (χ3n) is 2.22. The number of aryl methyl sites for hydroxylation is 1. The van der Waals surface area contributed by atoms with Gasteiger partial charge in [0.2, 0.25) is 0 Å². The molecule has 17 heavy (non-hydrogen) atoms. The van der Waals surface area contributed by atoms with E-state index in [4.69, 9.17) is 11.6 Å². The lowest BCUT2D eigenvalue weighted by atomic mass is 10.3. The van der Waals surface area contributed by atoms with Crippen LogP contribution in [-0.2, 0) is 4.74 Å². The van der Waals surface area contributed by atoms with E-state index in [2.05, 4.69) is 14.7 Å². The average molecular weight is 252 g/mol. The lowest BCUT2D eigenvalue weighted by Crippen LogP contribution is -2.05. The molecule has 0 fully saturated rings. The van der Waals surface area contributed by atoms with E-state index in [-0.39, 0.29) is 5.69 Å². The minimum Gasteiger partial charge on any atom is -0.464 e. The molecular formula is C11H10ClN3O2. The van der Waals surface area contributed by atoms with Gasteiger partial charge in [0.15, 0.2) is 0 Å². The lowest BCUT2D eigenvalue weighted by Gasteiger charge is -2.05. The smallest absolute Gasteiger partial charge is 0.356 e. The first-order valence-corrected chi connectivity index (χ1v) is 5.24. The van der Waals surface area contributed by atoms with Crippen molar-refractivity contribution in [3.8, 4) is 5.69 Å². The van der Waals surface area contributed by atoms with Crippen LogP contribution in [0.1, 0.15) is 16.2 Å². The largest absolute Gasteiger partial charge is 0.464 e. The molecule has 2 aromatic heterocycles. The molecule has 0 aliphatic heterocycles. The maximum absolute atomic E-state index is 11.3. The van der Waals surface area contributed by atoms with Crippen molar-refractivity contribution in [1.82, 2.24) is 14.5 Å². The number of esters is 1. The van der Waals surface area contributed by atoms with Gasteiger partial charge in [-0.05, 0) is 13.0 Å². The normalized spacial score (nSPS) is 10.3. The summed E-state index contributed by atoms with van der Waals surface area (Å²) in [5, 5.41) is 0.415. The molecule has 0 aliphatic rings. The molecule has 0 radical (unpaired) electrons. The van der Waals surface area contributed by atoms with E-state index in [1.165, 1.54) is 19.4 Å². The van der Waals surface area contributed by atoms with Crippen molar-refractivity contribution in [2.45, 2.75) is 6.92 Å². The van der Waals surface area contributed by atoms with Crippen molar-refractivity contribution < 1.29 is 9.53 Å². The maximum atomic E-state index is 11.3. The quantitative estimate of drug-likeness (QED) is 0.766. The average Bonchev–Trinajstić information content (AvgIpc) is 2.74. The maximum Gasteiger partial charge on any atom is 0.356 e. The fourth-order valence-corrected chi connectivity index (χ4v) is 1.63. The van der Waals surface area contributed by atoms with E-state index in [9.17, 15) is 4.79 Å². The second-order valence-electron chi connectivity index (χ2n) is 3.43. The van der Waals surface area contributed by atoms with Crippen LogP contribution in [0.25, 0.3) is 5.69 Å². The summed E-state index contributed by atoms with van der Waals surface area (Å²) in [5.41, 5.74) is 1.72.